The maximum absolute atomic E-state index is 11.7. The quantitative estimate of drug-likeness (QED) is 0.764. The summed E-state index contributed by atoms with van der Waals surface area (Å²) < 4.78 is 4.83. The highest BCUT2D eigenvalue weighted by Crippen LogP contribution is 2.35. The number of nitrogens with zero attached hydrogens (tertiary/aromatic N) is 1. The van der Waals surface area contributed by atoms with Crippen molar-refractivity contribution in [3.63, 3.8) is 0 Å². The first-order valence-corrected chi connectivity index (χ1v) is 6.18. The number of aromatic nitrogens is 1. The van der Waals surface area contributed by atoms with E-state index in [4.69, 9.17) is 4.74 Å². The summed E-state index contributed by atoms with van der Waals surface area (Å²) in [5, 5.41) is 1.07. The highest BCUT2D eigenvalue weighted by Gasteiger charge is 2.35. The zero-order chi connectivity index (χ0) is 12.5. The minimum Gasteiger partial charge on any atom is -0.468 e. The fourth-order valence-corrected chi connectivity index (χ4v) is 2.75. The fourth-order valence-electron chi connectivity index (χ4n) is 1.59. The zero-order valence-electron chi connectivity index (χ0n) is 10.7. The average molecular weight is 241 g/mol. The second-order valence-corrected chi connectivity index (χ2v) is 5.77. The lowest BCUT2D eigenvalue weighted by atomic mass is 9.91. The lowest BCUT2D eigenvalue weighted by Crippen LogP contribution is -2.29. The van der Waals surface area contributed by atoms with Crippen LogP contribution >= 0.6 is 11.3 Å². The van der Waals surface area contributed by atoms with Crippen molar-refractivity contribution >= 4 is 17.3 Å². The van der Waals surface area contributed by atoms with Crippen LogP contribution in [0.5, 0.6) is 0 Å². The van der Waals surface area contributed by atoms with Gasteiger partial charge in [-0.2, -0.15) is 0 Å². The Kier molecular flexibility index (Phi) is 3.73. The Hall–Kier alpha value is -0.900. The normalized spacial score (nSPS) is 11.9. The molecule has 0 saturated heterocycles. The SMILES string of the molecule is COC(=O)C(C)(C)c1sc(C(C)C)nc1C. The third-order valence-electron chi connectivity index (χ3n) is 2.57. The summed E-state index contributed by atoms with van der Waals surface area (Å²) in [6.45, 7) is 9.91. The molecule has 0 spiro atoms. The third-order valence-corrected chi connectivity index (χ3v) is 4.35. The molecule has 0 radical (unpaired) electrons. The van der Waals surface area contributed by atoms with Crippen molar-refractivity contribution in [3.05, 3.63) is 15.6 Å². The van der Waals surface area contributed by atoms with Crippen LogP contribution in [0.2, 0.25) is 0 Å². The maximum Gasteiger partial charge on any atom is 0.316 e. The Morgan fingerprint density at radius 1 is 1.44 bits per heavy atom. The Morgan fingerprint density at radius 2 is 2.00 bits per heavy atom. The van der Waals surface area contributed by atoms with Crippen molar-refractivity contribution in [1.82, 2.24) is 4.98 Å². The molecule has 0 aliphatic rings. The summed E-state index contributed by atoms with van der Waals surface area (Å²) in [6.07, 6.45) is 0. The van der Waals surface area contributed by atoms with Gasteiger partial charge in [-0.1, -0.05) is 13.8 Å². The molecule has 1 heterocycles. The predicted molar refractivity (Wildman–Crippen MR) is 66.0 cm³/mol. The monoisotopic (exact) mass is 241 g/mol. The van der Waals surface area contributed by atoms with E-state index in [0.717, 1.165) is 15.6 Å². The number of esters is 1. The van der Waals surface area contributed by atoms with Crippen LogP contribution in [0.3, 0.4) is 0 Å². The molecular formula is C12H19NO2S. The van der Waals surface area contributed by atoms with Crippen molar-refractivity contribution in [1.29, 1.82) is 0 Å². The van der Waals surface area contributed by atoms with Crippen molar-refractivity contribution in [2.45, 2.75) is 46.0 Å². The number of methoxy groups -OCH3 is 1. The van der Waals surface area contributed by atoms with Crippen molar-refractivity contribution in [2.24, 2.45) is 0 Å². The van der Waals surface area contributed by atoms with Crippen LogP contribution in [-0.4, -0.2) is 18.1 Å². The van der Waals surface area contributed by atoms with E-state index in [1.807, 2.05) is 20.8 Å². The molecule has 16 heavy (non-hydrogen) atoms. The number of hydrogen-bond donors (Lipinski definition) is 0. The van der Waals surface area contributed by atoms with E-state index in [0.29, 0.717) is 5.92 Å². The average Bonchev–Trinajstić information content (AvgIpc) is 2.59. The van der Waals surface area contributed by atoms with Gasteiger partial charge in [-0.05, 0) is 20.8 Å². The molecule has 1 aromatic rings. The van der Waals surface area contributed by atoms with Gasteiger partial charge in [0.15, 0.2) is 0 Å². The first kappa shape index (κ1) is 13.2. The molecular weight excluding hydrogens is 222 g/mol. The van der Waals surface area contributed by atoms with E-state index in [1.54, 1.807) is 11.3 Å². The Balaban J connectivity index is 3.17. The second kappa shape index (κ2) is 4.53. The molecule has 0 aliphatic carbocycles. The van der Waals surface area contributed by atoms with Crippen LogP contribution < -0.4 is 0 Å². The van der Waals surface area contributed by atoms with Gasteiger partial charge >= 0.3 is 5.97 Å². The van der Waals surface area contributed by atoms with Gasteiger partial charge in [0.25, 0.3) is 0 Å². The van der Waals surface area contributed by atoms with E-state index in [9.17, 15) is 4.79 Å². The standard InChI is InChI=1S/C12H19NO2S/c1-7(2)10-13-8(3)9(16-10)12(4,5)11(14)15-6/h7H,1-6H3. The zero-order valence-corrected chi connectivity index (χ0v) is 11.6. The Morgan fingerprint density at radius 3 is 2.38 bits per heavy atom. The largest absolute Gasteiger partial charge is 0.468 e. The molecule has 3 nitrogen and oxygen atoms in total. The summed E-state index contributed by atoms with van der Waals surface area (Å²) in [5.41, 5.74) is 0.327. The molecule has 90 valence electrons. The lowest BCUT2D eigenvalue weighted by molar-refractivity contribution is -0.146. The van der Waals surface area contributed by atoms with E-state index >= 15 is 0 Å². The molecule has 0 atom stereocenters. The summed E-state index contributed by atoms with van der Waals surface area (Å²) in [6, 6.07) is 0. The molecule has 0 fully saturated rings. The van der Waals surface area contributed by atoms with Gasteiger partial charge in [-0.25, -0.2) is 4.98 Å². The van der Waals surface area contributed by atoms with Crippen molar-refractivity contribution in [3.8, 4) is 0 Å². The van der Waals surface area contributed by atoms with Crippen LogP contribution in [0, 0.1) is 6.92 Å². The first-order chi connectivity index (χ1) is 7.30. The van der Waals surface area contributed by atoms with Gasteiger partial charge in [0, 0.05) is 10.8 Å². The topological polar surface area (TPSA) is 39.2 Å². The molecule has 0 N–H and O–H groups in total. The van der Waals surface area contributed by atoms with Gasteiger partial charge in [0.1, 0.15) is 0 Å². The minimum absolute atomic E-state index is 0.213. The molecule has 0 bridgehead atoms. The summed E-state index contributed by atoms with van der Waals surface area (Å²) in [4.78, 5) is 17.2. The van der Waals surface area contributed by atoms with E-state index < -0.39 is 5.41 Å². The molecule has 0 unspecified atom stereocenters. The van der Waals surface area contributed by atoms with Gasteiger partial charge in [0.2, 0.25) is 0 Å². The molecule has 0 aliphatic heterocycles. The number of rotatable bonds is 3. The van der Waals surface area contributed by atoms with E-state index in [-0.39, 0.29) is 5.97 Å². The highest BCUT2D eigenvalue weighted by molar-refractivity contribution is 7.12. The number of hydrogen-bond acceptors (Lipinski definition) is 4. The summed E-state index contributed by atoms with van der Waals surface area (Å²) in [5.74, 6) is 0.181. The number of carbonyl (C=O) groups is 1. The predicted octanol–water partition coefficient (Wildman–Crippen LogP) is 3.03. The molecule has 4 heteroatoms. The number of carbonyl (C=O) groups excluding carboxylic acids is 1. The van der Waals surface area contributed by atoms with Crippen LogP contribution in [0.25, 0.3) is 0 Å². The number of aryl methyl sites for hydroxylation is 1. The molecule has 1 rings (SSSR count). The van der Waals surface area contributed by atoms with Crippen LogP contribution in [0.4, 0.5) is 0 Å². The van der Waals surface area contributed by atoms with E-state index in [1.165, 1.54) is 7.11 Å². The maximum atomic E-state index is 11.7. The van der Waals surface area contributed by atoms with Crippen molar-refractivity contribution < 1.29 is 9.53 Å². The minimum atomic E-state index is -0.608. The number of ether oxygens (including phenoxy) is 1. The molecule has 0 amide bonds. The van der Waals surface area contributed by atoms with E-state index in [2.05, 4.69) is 18.8 Å². The van der Waals surface area contributed by atoms with Crippen LogP contribution in [-0.2, 0) is 14.9 Å². The molecule has 0 saturated carbocycles. The number of thiazole rings is 1. The van der Waals surface area contributed by atoms with Crippen LogP contribution in [0.1, 0.15) is 49.2 Å². The van der Waals surface area contributed by atoms with Crippen molar-refractivity contribution in [2.75, 3.05) is 7.11 Å². The Bertz CT molecular complexity index is 394. The second-order valence-electron chi connectivity index (χ2n) is 4.74. The highest BCUT2D eigenvalue weighted by atomic mass is 32.1. The summed E-state index contributed by atoms with van der Waals surface area (Å²) in [7, 11) is 1.42. The Labute approximate surface area is 101 Å². The van der Waals surface area contributed by atoms with Crippen LogP contribution in [0.15, 0.2) is 0 Å². The molecule has 1 aromatic heterocycles. The fraction of sp³-hybridized carbons (Fsp3) is 0.667. The van der Waals surface area contributed by atoms with Gasteiger partial charge in [0.05, 0.1) is 23.2 Å². The van der Waals surface area contributed by atoms with Gasteiger partial charge in [-0.15, -0.1) is 11.3 Å². The smallest absolute Gasteiger partial charge is 0.316 e. The summed E-state index contributed by atoms with van der Waals surface area (Å²) >= 11 is 1.61. The van der Waals surface area contributed by atoms with Gasteiger partial charge < -0.3 is 4.74 Å². The third kappa shape index (κ3) is 2.26. The molecule has 0 aromatic carbocycles. The first-order valence-electron chi connectivity index (χ1n) is 5.37. The van der Waals surface area contributed by atoms with Gasteiger partial charge in [-0.3, -0.25) is 4.79 Å². The lowest BCUT2D eigenvalue weighted by Gasteiger charge is -2.20.